The van der Waals surface area contributed by atoms with Crippen LogP contribution in [0.25, 0.3) is 22.3 Å². The van der Waals surface area contributed by atoms with Crippen LogP contribution in [-0.2, 0) is 28.3 Å². The van der Waals surface area contributed by atoms with Crippen LogP contribution in [0.15, 0.2) is 29.1 Å². The minimum Gasteiger partial charge on any atom is -0.458 e. The lowest BCUT2D eigenvalue weighted by Gasteiger charge is -2.31. The standard InChI is InChI=1S/C26H26N4O5/c1-3-5-6-10-29-22-14-12-30-19(11-16-15(23(30)31)13-35-24(32)26(16,34)4-2)21(14)27-17-8-7-9-18(20(17)22)28-25(29)33/h7-9,11,34H,3-6,10,12-13H2,1-2H3,(H,28,33). The summed E-state index contributed by atoms with van der Waals surface area (Å²) >= 11 is 0. The van der Waals surface area contributed by atoms with Gasteiger partial charge < -0.3 is 19.7 Å². The molecule has 6 rings (SSSR count). The zero-order chi connectivity index (χ0) is 24.5. The largest absolute Gasteiger partial charge is 0.458 e. The van der Waals surface area contributed by atoms with Crippen LogP contribution in [0.5, 0.6) is 0 Å². The van der Waals surface area contributed by atoms with Crippen LogP contribution < -0.4 is 15.8 Å². The van der Waals surface area contributed by atoms with E-state index in [2.05, 4.69) is 12.2 Å². The number of hydrogen-bond donors (Lipinski definition) is 2. The van der Waals surface area contributed by atoms with E-state index in [0.29, 0.717) is 29.1 Å². The molecule has 1 atom stereocenters. The fourth-order valence-corrected chi connectivity index (χ4v) is 5.53. The molecule has 3 aliphatic rings. The molecule has 0 aliphatic carbocycles. The van der Waals surface area contributed by atoms with E-state index in [1.165, 1.54) is 0 Å². The fraction of sp³-hybridized carbons (Fsp3) is 0.385. The summed E-state index contributed by atoms with van der Waals surface area (Å²) in [4.78, 5) is 45.8. The van der Waals surface area contributed by atoms with Gasteiger partial charge in [0, 0.05) is 23.1 Å². The molecule has 3 aliphatic heterocycles. The minimum absolute atomic E-state index is 0.0831. The van der Waals surface area contributed by atoms with E-state index in [9.17, 15) is 19.5 Å². The molecule has 2 aromatic heterocycles. The Bertz CT molecular complexity index is 1490. The van der Waals surface area contributed by atoms with Crippen LogP contribution in [0, 0.1) is 0 Å². The number of hydrogen-bond acceptors (Lipinski definition) is 6. The third-order valence-electron chi connectivity index (χ3n) is 7.43. The van der Waals surface area contributed by atoms with Gasteiger partial charge in [-0.05, 0) is 31.0 Å². The maximum atomic E-state index is 13.6. The molecule has 9 heteroatoms. The first kappa shape index (κ1) is 21.8. The number of aromatic nitrogens is 2. The van der Waals surface area contributed by atoms with Crippen LogP contribution in [0.4, 0.5) is 16.2 Å². The third-order valence-corrected chi connectivity index (χ3v) is 7.43. The Labute approximate surface area is 201 Å². The van der Waals surface area contributed by atoms with E-state index in [4.69, 9.17) is 9.72 Å². The normalized spacial score (nSPS) is 19.8. The number of cyclic esters (lactones) is 1. The predicted octanol–water partition coefficient (Wildman–Crippen LogP) is 3.62. The molecule has 2 amide bonds. The van der Waals surface area contributed by atoms with Crippen molar-refractivity contribution in [2.75, 3.05) is 16.8 Å². The van der Waals surface area contributed by atoms with Crippen molar-refractivity contribution in [3.63, 3.8) is 0 Å². The van der Waals surface area contributed by atoms with Crippen molar-refractivity contribution in [1.82, 2.24) is 9.55 Å². The third kappa shape index (κ3) is 2.91. The highest BCUT2D eigenvalue weighted by atomic mass is 16.6. The number of anilines is 2. The van der Waals surface area contributed by atoms with Crippen LogP contribution in [-0.4, -0.2) is 33.2 Å². The quantitative estimate of drug-likeness (QED) is 0.337. The Morgan fingerprint density at radius 3 is 2.77 bits per heavy atom. The number of rotatable bonds is 5. The first-order chi connectivity index (χ1) is 16.9. The van der Waals surface area contributed by atoms with Crippen LogP contribution in [0.2, 0.25) is 0 Å². The predicted molar refractivity (Wildman–Crippen MR) is 130 cm³/mol. The van der Waals surface area contributed by atoms with Gasteiger partial charge in [-0.1, -0.05) is 32.8 Å². The number of nitrogens with one attached hydrogen (secondary N) is 1. The number of ether oxygens (including phenoxy) is 1. The van der Waals surface area contributed by atoms with Gasteiger partial charge in [0.1, 0.15) is 6.61 Å². The Morgan fingerprint density at radius 1 is 1.17 bits per heavy atom. The zero-order valence-corrected chi connectivity index (χ0v) is 19.7. The van der Waals surface area contributed by atoms with Crippen molar-refractivity contribution < 1.29 is 19.4 Å². The molecule has 9 nitrogen and oxygen atoms in total. The van der Waals surface area contributed by atoms with Crippen molar-refractivity contribution in [3.05, 3.63) is 51.3 Å². The Hall–Kier alpha value is -3.72. The summed E-state index contributed by atoms with van der Waals surface area (Å²) in [5, 5.41) is 15.0. The van der Waals surface area contributed by atoms with E-state index in [1.54, 1.807) is 22.5 Å². The van der Waals surface area contributed by atoms with Crippen molar-refractivity contribution in [2.24, 2.45) is 0 Å². The summed E-state index contributed by atoms with van der Waals surface area (Å²) in [5.74, 6) is -0.750. The number of benzene rings is 1. The van der Waals surface area contributed by atoms with Gasteiger partial charge in [0.2, 0.25) is 0 Å². The number of fused-ring (bicyclic) bond motifs is 5. The average Bonchev–Trinajstić information content (AvgIpc) is 3.22. The number of esters is 1. The number of aliphatic hydroxyl groups is 1. The summed E-state index contributed by atoms with van der Waals surface area (Å²) < 4.78 is 6.78. The molecule has 180 valence electrons. The highest BCUT2D eigenvalue weighted by molar-refractivity contribution is 6.19. The number of carbonyl (C=O) groups excluding carboxylic acids is 2. The lowest BCUT2D eigenvalue weighted by atomic mass is 9.86. The molecule has 3 aromatic rings. The van der Waals surface area contributed by atoms with E-state index < -0.39 is 11.6 Å². The van der Waals surface area contributed by atoms with Gasteiger partial charge in [-0.25, -0.2) is 14.6 Å². The van der Waals surface area contributed by atoms with Gasteiger partial charge in [0.05, 0.1) is 40.4 Å². The van der Waals surface area contributed by atoms with Crippen LogP contribution in [0.1, 0.15) is 56.2 Å². The van der Waals surface area contributed by atoms with Crippen molar-refractivity contribution in [2.45, 2.75) is 58.3 Å². The van der Waals surface area contributed by atoms with E-state index in [0.717, 1.165) is 35.9 Å². The molecule has 0 spiro atoms. The highest BCUT2D eigenvalue weighted by Gasteiger charge is 2.46. The lowest BCUT2D eigenvalue weighted by Crippen LogP contribution is -2.44. The maximum Gasteiger partial charge on any atom is 0.343 e. The maximum absolute atomic E-state index is 13.6. The molecule has 0 fully saturated rings. The Morgan fingerprint density at radius 2 is 2.00 bits per heavy atom. The van der Waals surface area contributed by atoms with Gasteiger partial charge in [-0.15, -0.1) is 0 Å². The lowest BCUT2D eigenvalue weighted by molar-refractivity contribution is -0.172. The molecule has 1 unspecified atom stereocenters. The molecule has 35 heavy (non-hydrogen) atoms. The molecular formula is C26H26N4O5. The molecule has 1 aromatic carbocycles. The van der Waals surface area contributed by atoms with E-state index >= 15 is 0 Å². The zero-order valence-electron chi connectivity index (χ0n) is 19.7. The Kier molecular flexibility index (Phi) is 4.76. The number of nitrogens with zero attached hydrogens (tertiary/aromatic N) is 3. The van der Waals surface area contributed by atoms with E-state index in [-0.39, 0.29) is 42.3 Å². The van der Waals surface area contributed by atoms with Crippen molar-refractivity contribution >= 4 is 34.3 Å². The molecule has 0 bridgehead atoms. The van der Waals surface area contributed by atoms with Gasteiger partial charge >= 0.3 is 12.0 Å². The average molecular weight is 475 g/mol. The summed E-state index contributed by atoms with van der Waals surface area (Å²) in [6.07, 6.45) is 2.97. The fourth-order valence-electron chi connectivity index (χ4n) is 5.53. The molecule has 0 saturated carbocycles. The van der Waals surface area contributed by atoms with Gasteiger partial charge in [-0.3, -0.25) is 9.69 Å². The van der Waals surface area contributed by atoms with E-state index in [1.807, 2.05) is 18.2 Å². The second-order valence-corrected chi connectivity index (χ2v) is 9.38. The molecule has 2 N–H and O–H groups in total. The SMILES string of the molecule is CCCCCN1C(=O)Nc2cccc3nc4c(c1c23)Cn1c-4cc2c(c1=O)COC(=O)C2(O)CC. The highest BCUT2D eigenvalue weighted by Crippen LogP contribution is 2.46. The summed E-state index contributed by atoms with van der Waals surface area (Å²) in [7, 11) is 0. The smallest absolute Gasteiger partial charge is 0.343 e. The van der Waals surface area contributed by atoms with Gasteiger partial charge in [-0.2, -0.15) is 0 Å². The monoisotopic (exact) mass is 474 g/mol. The number of urea groups is 1. The number of pyridine rings is 2. The van der Waals surface area contributed by atoms with Crippen molar-refractivity contribution in [1.29, 1.82) is 0 Å². The summed E-state index contributed by atoms with van der Waals surface area (Å²) in [6, 6.07) is 7.10. The van der Waals surface area contributed by atoms with Crippen LogP contribution >= 0.6 is 0 Å². The van der Waals surface area contributed by atoms with Gasteiger partial charge in [0.15, 0.2) is 5.60 Å². The number of amides is 2. The topological polar surface area (TPSA) is 114 Å². The molecule has 5 heterocycles. The molecule has 0 radical (unpaired) electrons. The minimum atomic E-state index is -1.88. The van der Waals surface area contributed by atoms with Crippen molar-refractivity contribution in [3.8, 4) is 11.4 Å². The molecule has 0 saturated heterocycles. The van der Waals surface area contributed by atoms with Crippen LogP contribution in [0.3, 0.4) is 0 Å². The number of carbonyl (C=O) groups is 2. The van der Waals surface area contributed by atoms with Gasteiger partial charge in [0.25, 0.3) is 5.56 Å². The first-order valence-electron chi connectivity index (χ1n) is 12.1. The second kappa shape index (κ2) is 7.64. The number of unbranched alkanes of at least 4 members (excludes halogenated alkanes) is 2. The second-order valence-electron chi connectivity index (χ2n) is 9.38. The molecular weight excluding hydrogens is 448 g/mol. The summed E-state index contributed by atoms with van der Waals surface area (Å²) in [6.45, 7) is 4.42. The Balaban J connectivity index is 1.61. The summed E-state index contributed by atoms with van der Waals surface area (Å²) in [5.41, 5.74) is 2.48. The first-order valence-corrected chi connectivity index (χ1v) is 12.1.